The van der Waals surface area contributed by atoms with Gasteiger partial charge in [-0.05, 0) is 55.7 Å². The molecule has 0 amide bonds. The fourth-order valence-electron chi connectivity index (χ4n) is 1.99. The normalized spacial score (nSPS) is 10.4. The molecule has 0 aliphatic carbocycles. The molecule has 3 nitrogen and oxygen atoms in total. The molecule has 2 N–H and O–H groups in total. The van der Waals surface area contributed by atoms with Crippen LogP contribution in [0.25, 0.3) is 0 Å². The summed E-state index contributed by atoms with van der Waals surface area (Å²) in [6.07, 6.45) is 0. The number of nitrogens with zero attached hydrogens (tertiary/aromatic N) is 1. The standard InChI is InChI=1S/C15H18N2O/c1-10-4-11(2)6-14(5-10)18-15-8-13(9-16)7-12(3)17-15/h4-8H,9,16H2,1-3H3. The fourth-order valence-corrected chi connectivity index (χ4v) is 1.99. The summed E-state index contributed by atoms with van der Waals surface area (Å²) in [5.41, 5.74) is 9.94. The minimum absolute atomic E-state index is 0.493. The van der Waals surface area contributed by atoms with Crippen LogP contribution < -0.4 is 10.5 Å². The second-order valence-electron chi connectivity index (χ2n) is 4.58. The van der Waals surface area contributed by atoms with Crippen LogP contribution in [-0.2, 0) is 6.54 Å². The Bertz CT molecular complexity index is 544. The molecule has 3 heteroatoms. The number of hydrogen-bond acceptors (Lipinski definition) is 3. The molecule has 0 unspecified atom stereocenters. The molecule has 0 radical (unpaired) electrons. The lowest BCUT2D eigenvalue weighted by Crippen LogP contribution is -1.99. The van der Waals surface area contributed by atoms with Crippen molar-refractivity contribution in [2.45, 2.75) is 27.3 Å². The molecule has 0 bridgehead atoms. The minimum atomic E-state index is 0.493. The lowest BCUT2D eigenvalue weighted by atomic mass is 10.1. The number of aryl methyl sites for hydroxylation is 3. The highest BCUT2D eigenvalue weighted by Gasteiger charge is 2.03. The maximum absolute atomic E-state index is 5.80. The van der Waals surface area contributed by atoms with Crippen LogP contribution in [0.1, 0.15) is 22.4 Å². The molecule has 0 saturated heterocycles. The van der Waals surface area contributed by atoms with Crippen LogP contribution in [0.2, 0.25) is 0 Å². The Hall–Kier alpha value is -1.87. The zero-order valence-corrected chi connectivity index (χ0v) is 11.0. The Morgan fingerprint density at radius 2 is 1.67 bits per heavy atom. The maximum Gasteiger partial charge on any atom is 0.219 e. The summed E-state index contributed by atoms with van der Waals surface area (Å²) in [5.74, 6) is 1.41. The molecule has 0 aliphatic rings. The van der Waals surface area contributed by atoms with Crippen molar-refractivity contribution < 1.29 is 4.74 Å². The monoisotopic (exact) mass is 242 g/mol. The molecule has 0 atom stereocenters. The van der Waals surface area contributed by atoms with E-state index in [1.54, 1.807) is 0 Å². The number of rotatable bonds is 3. The third-order valence-corrected chi connectivity index (χ3v) is 2.64. The predicted octanol–water partition coefficient (Wildman–Crippen LogP) is 3.26. The van der Waals surface area contributed by atoms with Crippen molar-refractivity contribution in [1.29, 1.82) is 0 Å². The molecule has 0 aliphatic heterocycles. The molecule has 1 heterocycles. The number of aromatic nitrogens is 1. The lowest BCUT2D eigenvalue weighted by molar-refractivity contribution is 0.460. The predicted molar refractivity (Wildman–Crippen MR) is 72.9 cm³/mol. The van der Waals surface area contributed by atoms with Crippen LogP contribution in [0.15, 0.2) is 30.3 Å². The van der Waals surface area contributed by atoms with Gasteiger partial charge in [0.05, 0.1) is 0 Å². The average molecular weight is 242 g/mol. The van der Waals surface area contributed by atoms with Crippen LogP contribution in [0, 0.1) is 20.8 Å². The first kappa shape index (κ1) is 12.6. The van der Waals surface area contributed by atoms with E-state index in [1.807, 2.05) is 31.2 Å². The molecule has 94 valence electrons. The van der Waals surface area contributed by atoms with Gasteiger partial charge in [0.15, 0.2) is 0 Å². The van der Waals surface area contributed by atoms with Crippen LogP contribution >= 0.6 is 0 Å². The number of hydrogen-bond donors (Lipinski definition) is 1. The van der Waals surface area contributed by atoms with Crippen molar-refractivity contribution in [3.8, 4) is 11.6 Å². The highest BCUT2D eigenvalue weighted by Crippen LogP contribution is 2.23. The number of pyridine rings is 1. The summed E-state index contributed by atoms with van der Waals surface area (Å²) in [4.78, 5) is 4.36. The van der Waals surface area contributed by atoms with Crippen LogP contribution in [0.4, 0.5) is 0 Å². The van der Waals surface area contributed by atoms with Gasteiger partial charge in [0.25, 0.3) is 0 Å². The smallest absolute Gasteiger partial charge is 0.219 e. The fraction of sp³-hybridized carbons (Fsp3) is 0.267. The van der Waals surface area contributed by atoms with Crippen molar-refractivity contribution in [1.82, 2.24) is 4.98 Å². The van der Waals surface area contributed by atoms with Gasteiger partial charge in [-0.2, -0.15) is 0 Å². The van der Waals surface area contributed by atoms with Crippen molar-refractivity contribution in [3.05, 3.63) is 52.7 Å². The largest absolute Gasteiger partial charge is 0.439 e. The number of ether oxygens (including phenoxy) is 1. The minimum Gasteiger partial charge on any atom is -0.439 e. The Morgan fingerprint density at radius 1 is 1.00 bits per heavy atom. The van der Waals surface area contributed by atoms with E-state index in [9.17, 15) is 0 Å². The summed E-state index contributed by atoms with van der Waals surface area (Å²) in [5, 5.41) is 0. The third kappa shape index (κ3) is 3.08. The highest BCUT2D eigenvalue weighted by atomic mass is 16.5. The van der Waals surface area contributed by atoms with Gasteiger partial charge < -0.3 is 10.5 Å². The van der Waals surface area contributed by atoms with E-state index in [2.05, 4.69) is 24.9 Å². The first-order chi connectivity index (χ1) is 8.56. The Kier molecular flexibility index (Phi) is 3.63. The van der Waals surface area contributed by atoms with Crippen molar-refractivity contribution in [2.24, 2.45) is 5.73 Å². The first-order valence-corrected chi connectivity index (χ1v) is 6.00. The van der Waals surface area contributed by atoms with E-state index in [1.165, 1.54) is 11.1 Å². The van der Waals surface area contributed by atoms with E-state index in [0.717, 1.165) is 17.0 Å². The van der Waals surface area contributed by atoms with E-state index < -0.39 is 0 Å². The molecule has 0 spiro atoms. The maximum atomic E-state index is 5.80. The van der Waals surface area contributed by atoms with Crippen LogP contribution in [-0.4, -0.2) is 4.98 Å². The van der Waals surface area contributed by atoms with Crippen molar-refractivity contribution in [2.75, 3.05) is 0 Å². The lowest BCUT2D eigenvalue weighted by Gasteiger charge is -2.09. The second-order valence-corrected chi connectivity index (χ2v) is 4.58. The SMILES string of the molecule is Cc1cc(C)cc(Oc2cc(CN)cc(C)n2)c1. The number of benzene rings is 1. The Morgan fingerprint density at radius 3 is 2.28 bits per heavy atom. The van der Waals surface area contributed by atoms with Gasteiger partial charge in [0.2, 0.25) is 5.88 Å². The molecule has 2 rings (SSSR count). The highest BCUT2D eigenvalue weighted by molar-refractivity contribution is 5.36. The van der Waals surface area contributed by atoms with Gasteiger partial charge in [-0.3, -0.25) is 0 Å². The van der Waals surface area contributed by atoms with Gasteiger partial charge in [0, 0.05) is 18.3 Å². The van der Waals surface area contributed by atoms with E-state index in [-0.39, 0.29) is 0 Å². The van der Waals surface area contributed by atoms with Gasteiger partial charge in [-0.15, -0.1) is 0 Å². The third-order valence-electron chi connectivity index (χ3n) is 2.64. The Balaban J connectivity index is 2.30. The zero-order chi connectivity index (χ0) is 13.1. The summed E-state index contributed by atoms with van der Waals surface area (Å²) < 4.78 is 5.80. The molecule has 1 aromatic carbocycles. The second kappa shape index (κ2) is 5.19. The summed E-state index contributed by atoms with van der Waals surface area (Å²) in [7, 11) is 0. The molecule has 2 aromatic rings. The topological polar surface area (TPSA) is 48.1 Å². The summed E-state index contributed by atoms with van der Waals surface area (Å²) >= 11 is 0. The first-order valence-electron chi connectivity index (χ1n) is 6.00. The van der Waals surface area contributed by atoms with Gasteiger partial charge >= 0.3 is 0 Å². The van der Waals surface area contributed by atoms with E-state index in [4.69, 9.17) is 10.5 Å². The Labute approximate surface area is 108 Å². The quantitative estimate of drug-likeness (QED) is 0.898. The molecular formula is C15H18N2O. The summed E-state index contributed by atoms with van der Waals surface area (Å²) in [6.45, 7) is 6.53. The van der Waals surface area contributed by atoms with Gasteiger partial charge in [0.1, 0.15) is 5.75 Å². The van der Waals surface area contributed by atoms with E-state index >= 15 is 0 Å². The van der Waals surface area contributed by atoms with Crippen molar-refractivity contribution in [3.63, 3.8) is 0 Å². The van der Waals surface area contributed by atoms with Crippen molar-refractivity contribution >= 4 is 0 Å². The number of nitrogens with two attached hydrogens (primary N) is 1. The summed E-state index contributed by atoms with van der Waals surface area (Å²) in [6, 6.07) is 9.96. The average Bonchev–Trinajstić information content (AvgIpc) is 2.26. The van der Waals surface area contributed by atoms with Crippen LogP contribution in [0.5, 0.6) is 11.6 Å². The molecule has 0 saturated carbocycles. The van der Waals surface area contributed by atoms with Crippen LogP contribution in [0.3, 0.4) is 0 Å². The van der Waals surface area contributed by atoms with Gasteiger partial charge in [-0.1, -0.05) is 6.07 Å². The molecular weight excluding hydrogens is 224 g/mol. The van der Waals surface area contributed by atoms with E-state index in [0.29, 0.717) is 12.4 Å². The zero-order valence-electron chi connectivity index (χ0n) is 11.0. The molecule has 0 fully saturated rings. The van der Waals surface area contributed by atoms with Gasteiger partial charge in [-0.25, -0.2) is 4.98 Å². The molecule has 18 heavy (non-hydrogen) atoms. The molecule has 1 aromatic heterocycles.